The van der Waals surface area contributed by atoms with Crippen LogP contribution < -0.4 is 0 Å². The van der Waals surface area contributed by atoms with Gasteiger partial charge in [0.1, 0.15) is 0 Å². The van der Waals surface area contributed by atoms with Crippen LogP contribution >= 0.6 is 11.9 Å². The van der Waals surface area contributed by atoms with E-state index >= 15 is 0 Å². The molecule has 0 aliphatic rings. The summed E-state index contributed by atoms with van der Waals surface area (Å²) in [7, 11) is 0. The minimum atomic E-state index is -3.89. The summed E-state index contributed by atoms with van der Waals surface area (Å²) in [6.07, 6.45) is 39.2. The Balaban J connectivity index is 4.21. The van der Waals surface area contributed by atoms with E-state index in [0.29, 0.717) is 19.8 Å². The van der Waals surface area contributed by atoms with Gasteiger partial charge in [0.2, 0.25) is 0 Å². The van der Waals surface area contributed by atoms with E-state index in [9.17, 15) is 0 Å². The van der Waals surface area contributed by atoms with Crippen LogP contribution in [0.2, 0.25) is 0 Å². The van der Waals surface area contributed by atoms with E-state index < -0.39 is 18.1 Å². The molecule has 0 radical (unpaired) electrons. The van der Waals surface area contributed by atoms with Crippen molar-refractivity contribution in [2.45, 2.75) is 213 Å². The molecule has 0 atom stereocenters. The van der Waals surface area contributed by atoms with Crippen molar-refractivity contribution in [2.75, 3.05) is 19.8 Å². The Hall–Kier alpha value is 0.844. The Morgan fingerprint density at radius 2 is 0.500 bits per heavy atom. The monoisotopic (exact) mass is 654 g/mol. The van der Waals surface area contributed by atoms with Crippen molar-refractivity contribution in [1.29, 1.82) is 0 Å². The Morgan fingerprint density at radius 3 is 0.690 bits per heavy atom. The molecule has 42 heavy (non-hydrogen) atoms. The smallest absolute Gasteiger partial charge is 0.0654 e. The van der Waals surface area contributed by atoms with Crippen LogP contribution in [0.3, 0.4) is 0 Å². The number of hydrogen-bond acceptors (Lipinski definition) is 4. The molecule has 0 heterocycles. The second kappa shape index (κ2) is 36.3. The average molecular weight is 655 g/mol. The van der Waals surface area contributed by atoms with Crippen LogP contribution in [0.5, 0.6) is 0 Å². The third kappa shape index (κ3) is 30.9. The molecule has 0 aromatic heterocycles. The summed E-state index contributed by atoms with van der Waals surface area (Å²) in [6, 6.07) is 0. The van der Waals surface area contributed by atoms with Crippen LogP contribution in [-0.2, 0) is 31.0 Å². The van der Waals surface area contributed by atoms with Gasteiger partial charge >= 0.3 is 255 Å². The third-order valence-electron chi connectivity index (χ3n) is 8.42. The van der Waals surface area contributed by atoms with Crippen molar-refractivity contribution in [3.63, 3.8) is 0 Å². The Morgan fingerprint density at radius 1 is 0.310 bits per heavy atom. The predicted octanol–water partition coefficient (Wildman–Crippen LogP) is 13.8. The van der Waals surface area contributed by atoms with E-state index in [0.717, 1.165) is 19.3 Å². The van der Waals surface area contributed by atoms with Gasteiger partial charge in [0.15, 0.2) is 0 Å². The maximum atomic E-state index is 6.22. The molecule has 0 saturated heterocycles. The van der Waals surface area contributed by atoms with Crippen LogP contribution in [0.25, 0.3) is 0 Å². The molecule has 0 aromatic carbocycles. The Bertz CT molecular complexity index is 432. The van der Waals surface area contributed by atoms with Gasteiger partial charge in [-0.3, -0.25) is 0 Å². The zero-order valence-corrected chi connectivity index (χ0v) is 31.2. The minimum absolute atomic E-state index is 0.624. The van der Waals surface area contributed by atoms with Gasteiger partial charge < -0.3 is 0 Å². The molecule has 0 fully saturated rings. The van der Waals surface area contributed by atoms with E-state index in [1.807, 2.05) is 0 Å². The molecule has 0 rings (SSSR count). The summed E-state index contributed by atoms with van der Waals surface area (Å²) in [5.74, 6) is 0. The molecule has 6 heteroatoms. The van der Waals surface area contributed by atoms with Crippen molar-refractivity contribution >= 4 is 11.9 Å². The molecular formula is C36H75ClO4Ti. The van der Waals surface area contributed by atoms with Gasteiger partial charge in [0, 0.05) is 0 Å². The van der Waals surface area contributed by atoms with Crippen molar-refractivity contribution in [1.82, 2.24) is 0 Å². The Labute approximate surface area is 274 Å². The summed E-state index contributed by atoms with van der Waals surface area (Å²) < 4.78 is 24.1. The molecule has 0 aromatic rings. The second-order valence-electron chi connectivity index (χ2n) is 12.7. The number of rotatable bonds is 37. The zero-order valence-electron chi connectivity index (χ0n) is 28.8. The van der Waals surface area contributed by atoms with Crippen molar-refractivity contribution in [3.8, 4) is 0 Å². The first-order chi connectivity index (χ1) is 20.7. The van der Waals surface area contributed by atoms with Crippen LogP contribution in [0.15, 0.2) is 0 Å². The van der Waals surface area contributed by atoms with Crippen molar-refractivity contribution in [2.24, 2.45) is 0 Å². The van der Waals surface area contributed by atoms with Crippen molar-refractivity contribution in [3.05, 3.63) is 0 Å². The van der Waals surface area contributed by atoms with E-state index in [1.54, 1.807) is 0 Å². The van der Waals surface area contributed by atoms with E-state index in [-0.39, 0.29) is 0 Å². The number of hydrogen-bond donors (Lipinski definition) is 0. The van der Waals surface area contributed by atoms with Gasteiger partial charge in [-0.05, 0) is 0 Å². The first kappa shape index (κ1) is 42.8. The van der Waals surface area contributed by atoms with Gasteiger partial charge in [0.25, 0.3) is 0 Å². The van der Waals surface area contributed by atoms with E-state index in [1.165, 1.54) is 173 Å². The molecule has 0 saturated carbocycles. The zero-order chi connectivity index (χ0) is 30.7. The third-order valence-corrected chi connectivity index (χ3v) is 12.1. The fourth-order valence-corrected chi connectivity index (χ4v) is 8.55. The summed E-state index contributed by atoms with van der Waals surface area (Å²) in [6.45, 7) is 8.71. The minimum Gasteiger partial charge on any atom is -0.0654 e. The number of halogens is 1. The SMILES string of the molecule is CCCCCCCCCCCC[O][Ti]([O]Cl)([O]CCCCCCCCCCCC)[O]CCCCCCCCCCCC. The fraction of sp³-hybridized carbons (Fsp3) is 1.00. The van der Waals surface area contributed by atoms with Gasteiger partial charge in [-0.1, -0.05) is 20.8 Å². The van der Waals surface area contributed by atoms with Crippen LogP contribution in [-0.4, -0.2) is 19.8 Å². The number of unbranched alkanes of at least 4 members (excludes halogenated alkanes) is 27. The molecule has 0 amide bonds. The molecule has 0 spiro atoms. The Kier molecular flexibility index (Phi) is 37.0. The van der Waals surface area contributed by atoms with Crippen LogP contribution in [0.4, 0.5) is 0 Å². The molecular weight excluding hydrogens is 580 g/mol. The van der Waals surface area contributed by atoms with E-state index in [4.69, 9.17) is 24.7 Å². The standard InChI is InChI=1S/3C12H25O.ClO.Ti/c3*1-2-3-4-5-6-7-8-9-10-11-12-13;1-2;/h3*2-12H2,1H3;;/q4*-1;+4. The summed E-state index contributed by atoms with van der Waals surface area (Å²) >= 11 is 2.15. The molecule has 0 aliphatic carbocycles. The second-order valence-corrected chi connectivity index (χ2v) is 16.5. The first-order valence-corrected chi connectivity index (χ1v) is 21.8. The molecule has 254 valence electrons. The van der Waals surface area contributed by atoms with Gasteiger partial charge in [0.05, 0.1) is 0 Å². The predicted molar refractivity (Wildman–Crippen MR) is 180 cm³/mol. The summed E-state index contributed by atoms with van der Waals surface area (Å²) in [4.78, 5) is 0. The summed E-state index contributed by atoms with van der Waals surface area (Å²) in [5.41, 5.74) is 0. The molecule has 0 N–H and O–H groups in total. The van der Waals surface area contributed by atoms with Gasteiger partial charge in [-0.2, -0.15) is 0 Å². The quantitative estimate of drug-likeness (QED) is 0.0493. The molecule has 0 bridgehead atoms. The van der Waals surface area contributed by atoms with Gasteiger partial charge in [-0.15, -0.1) is 0 Å². The van der Waals surface area contributed by atoms with Crippen LogP contribution in [0, 0.1) is 0 Å². The molecule has 4 nitrogen and oxygen atoms in total. The molecule has 0 unspecified atom stereocenters. The average Bonchev–Trinajstić information content (AvgIpc) is 3.01. The maximum absolute atomic E-state index is 6.22. The van der Waals surface area contributed by atoms with Crippen LogP contribution in [0.1, 0.15) is 213 Å². The topological polar surface area (TPSA) is 36.9 Å². The molecule has 0 aliphatic heterocycles. The first-order valence-electron chi connectivity index (χ1n) is 19.0. The van der Waals surface area contributed by atoms with Gasteiger partial charge in [-0.25, -0.2) is 0 Å². The normalized spacial score (nSPS) is 12.0. The fourth-order valence-electron chi connectivity index (χ4n) is 5.55. The summed E-state index contributed by atoms with van der Waals surface area (Å²) in [5, 5.41) is 0. The van der Waals surface area contributed by atoms with Crippen molar-refractivity contribution < 1.29 is 31.0 Å². The van der Waals surface area contributed by atoms with E-state index in [2.05, 4.69) is 20.8 Å².